The van der Waals surface area contributed by atoms with Gasteiger partial charge in [-0.25, -0.2) is 0 Å². The van der Waals surface area contributed by atoms with Crippen LogP contribution < -0.4 is 11.1 Å². The van der Waals surface area contributed by atoms with Crippen LogP contribution in [0, 0.1) is 9.49 Å². The predicted octanol–water partition coefficient (Wildman–Crippen LogP) is 3.12. The number of carbonyl (C=O) groups excluding carboxylic acids is 1. The van der Waals surface area contributed by atoms with E-state index in [9.17, 15) is 4.79 Å². The molecule has 1 aromatic rings. The molecule has 1 amide bonds. The molecule has 17 heavy (non-hydrogen) atoms. The quantitative estimate of drug-likeness (QED) is 0.755. The Morgan fingerprint density at radius 2 is 2.24 bits per heavy atom. The van der Waals surface area contributed by atoms with Crippen LogP contribution in [0.1, 0.15) is 19.8 Å². The topological polar surface area (TPSA) is 55.1 Å². The van der Waals surface area contributed by atoms with Crippen LogP contribution in [-0.2, 0) is 4.79 Å². The van der Waals surface area contributed by atoms with Crippen molar-refractivity contribution in [2.45, 2.75) is 25.3 Å². The molecule has 0 radical (unpaired) electrons. The second-order valence-corrected chi connectivity index (χ2v) is 6.66. The van der Waals surface area contributed by atoms with E-state index >= 15 is 0 Å². The Morgan fingerprint density at radius 1 is 1.59 bits per heavy atom. The number of hydrogen-bond donors (Lipinski definition) is 2. The fourth-order valence-electron chi connectivity index (χ4n) is 1.71. The number of benzene rings is 1. The summed E-state index contributed by atoms with van der Waals surface area (Å²) < 4.78 is 2.08. The molecular weight excluding hydrogens is 395 g/mol. The van der Waals surface area contributed by atoms with E-state index in [1.165, 1.54) is 0 Å². The Labute approximate surface area is 123 Å². The van der Waals surface area contributed by atoms with Gasteiger partial charge in [-0.05, 0) is 82.4 Å². The molecule has 0 aromatic heterocycles. The number of anilines is 1. The van der Waals surface area contributed by atoms with E-state index in [-0.39, 0.29) is 5.91 Å². The lowest BCUT2D eigenvalue weighted by atomic mass is 9.96. The lowest BCUT2D eigenvalue weighted by Gasteiger charge is -2.23. The molecule has 92 valence electrons. The summed E-state index contributed by atoms with van der Waals surface area (Å²) in [5.41, 5.74) is 6.08. The number of halogens is 2. The highest BCUT2D eigenvalue weighted by atomic mass is 127. The smallest absolute Gasteiger partial charge is 0.244 e. The third-order valence-electron chi connectivity index (χ3n) is 3.09. The first-order chi connectivity index (χ1) is 7.91. The van der Waals surface area contributed by atoms with Crippen LogP contribution in [0.15, 0.2) is 22.7 Å². The molecule has 1 aliphatic rings. The molecule has 1 saturated carbocycles. The summed E-state index contributed by atoms with van der Waals surface area (Å²) >= 11 is 5.66. The van der Waals surface area contributed by atoms with Gasteiger partial charge in [0.25, 0.3) is 0 Å². The lowest BCUT2D eigenvalue weighted by molar-refractivity contribution is -0.121. The van der Waals surface area contributed by atoms with Crippen molar-refractivity contribution < 1.29 is 4.79 Å². The van der Waals surface area contributed by atoms with Crippen LogP contribution in [-0.4, -0.2) is 11.4 Å². The van der Waals surface area contributed by atoms with Crippen LogP contribution in [0.2, 0.25) is 0 Å². The molecule has 0 bridgehead atoms. The largest absolute Gasteiger partial charge is 0.324 e. The van der Waals surface area contributed by atoms with Crippen molar-refractivity contribution in [2.75, 3.05) is 5.32 Å². The van der Waals surface area contributed by atoms with Crippen LogP contribution in [0.3, 0.4) is 0 Å². The van der Waals surface area contributed by atoms with Gasteiger partial charge in [-0.2, -0.15) is 0 Å². The highest BCUT2D eigenvalue weighted by molar-refractivity contribution is 14.1. The fraction of sp³-hybridized carbons (Fsp3) is 0.417. The van der Waals surface area contributed by atoms with Crippen LogP contribution in [0.4, 0.5) is 5.69 Å². The van der Waals surface area contributed by atoms with Crippen molar-refractivity contribution in [1.29, 1.82) is 0 Å². The minimum atomic E-state index is -0.754. The number of hydrogen-bond acceptors (Lipinski definition) is 2. The average Bonchev–Trinajstić information content (AvgIpc) is 3.07. The molecule has 0 spiro atoms. The molecular formula is C12H14BrIN2O. The summed E-state index contributed by atoms with van der Waals surface area (Å²) in [4.78, 5) is 12.1. The predicted molar refractivity (Wildman–Crippen MR) is 80.8 cm³/mol. The summed E-state index contributed by atoms with van der Waals surface area (Å²) in [6, 6.07) is 5.72. The summed E-state index contributed by atoms with van der Waals surface area (Å²) in [5, 5.41) is 2.87. The number of rotatable bonds is 3. The van der Waals surface area contributed by atoms with Gasteiger partial charge in [-0.3, -0.25) is 4.79 Å². The van der Waals surface area contributed by atoms with E-state index in [2.05, 4.69) is 43.8 Å². The van der Waals surface area contributed by atoms with Gasteiger partial charge in [-0.1, -0.05) is 0 Å². The molecule has 1 fully saturated rings. The highest BCUT2D eigenvalue weighted by Crippen LogP contribution is 2.38. The molecule has 3 N–H and O–H groups in total. The third kappa shape index (κ3) is 3.00. The summed E-state index contributed by atoms with van der Waals surface area (Å²) in [6.45, 7) is 1.81. The van der Waals surface area contributed by atoms with Crippen molar-refractivity contribution in [1.82, 2.24) is 0 Å². The van der Waals surface area contributed by atoms with Gasteiger partial charge in [0.2, 0.25) is 5.91 Å². The summed E-state index contributed by atoms with van der Waals surface area (Å²) in [5.74, 6) is 0.225. The Hall–Kier alpha value is -0.140. The van der Waals surface area contributed by atoms with Gasteiger partial charge >= 0.3 is 0 Å². The van der Waals surface area contributed by atoms with E-state index in [0.717, 1.165) is 26.6 Å². The first kappa shape index (κ1) is 13.3. The van der Waals surface area contributed by atoms with Gasteiger partial charge in [0.05, 0.1) is 5.54 Å². The Balaban J connectivity index is 2.10. The normalized spacial score (nSPS) is 18.6. The maximum absolute atomic E-state index is 12.1. The highest BCUT2D eigenvalue weighted by Gasteiger charge is 2.44. The molecule has 2 rings (SSSR count). The lowest BCUT2D eigenvalue weighted by Crippen LogP contribution is -2.50. The zero-order chi connectivity index (χ0) is 12.6. The molecule has 0 heterocycles. The van der Waals surface area contributed by atoms with Gasteiger partial charge < -0.3 is 11.1 Å². The van der Waals surface area contributed by atoms with Gasteiger partial charge in [0.15, 0.2) is 0 Å². The number of nitrogens with one attached hydrogen (secondary N) is 1. The summed E-state index contributed by atoms with van der Waals surface area (Å²) in [6.07, 6.45) is 2.10. The van der Waals surface area contributed by atoms with E-state index in [4.69, 9.17) is 5.73 Å². The monoisotopic (exact) mass is 408 g/mol. The zero-order valence-corrected chi connectivity index (χ0v) is 13.2. The van der Waals surface area contributed by atoms with Crippen LogP contribution in [0.25, 0.3) is 0 Å². The van der Waals surface area contributed by atoms with Crippen molar-refractivity contribution in [3.63, 3.8) is 0 Å². The van der Waals surface area contributed by atoms with Crippen LogP contribution in [0.5, 0.6) is 0 Å². The molecule has 1 aliphatic carbocycles. The van der Waals surface area contributed by atoms with Crippen LogP contribution >= 0.6 is 38.5 Å². The zero-order valence-electron chi connectivity index (χ0n) is 9.47. The number of amides is 1. The van der Waals surface area contributed by atoms with E-state index in [1.807, 2.05) is 25.1 Å². The third-order valence-corrected chi connectivity index (χ3v) is 5.43. The van der Waals surface area contributed by atoms with E-state index < -0.39 is 5.54 Å². The minimum Gasteiger partial charge on any atom is -0.324 e. The van der Waals surface area contributed by atoms with Crippen molar-refractivity contribution in [2.24, 2.45) is 11.7 Å². The Morgan fingerprint density at radius 3 is 2.76 bits per heavy atom. The minimum absolute atomic E-state index is 0.104. The Kier molecular flexibility index (Phi) is 3.80. The van der Waals surface area contributed by atoms with Gasteiger partial charge in [0, 0.05) is 13.7 Å². The van der Waals surface area contributed by atoms with Crippen molar-refractivity contribution in [3.8, 4) is 0 Å². The molecule has 1 unspecified atom stereocenters. The summed E-state index contributed by atoms with van der Waals surface area (Å²) in [7, 11) is 0. The van der Waals surface area contributed by atoms with E-state index in [0.29, 0.717) is 5.92 Å². The van der Waals surface area contributed by atoms with Gasteiger partial charge in [0.1, 0.15) is 0 Å². The molecule has 1 aromatic carbocycles. The second kappa shape index (κ2) is 4.85. The fourth-order valence-corrected chi connectivity index (χ4v) is 2.42. The number of carbonyl (C=O) groups is 1. The first-order valence-corrected chi connectivity index (χ1v) is 7.34. The molecule has 3 nitrogen and oxygen atoms in total. The standard InChI is InChI=1S/C12H14BrIN2O/c1-12(15,7-2-3-7)11(17)16-8-4-5-10(14)9(13)6-8/h4-7H,2-3,15H2,1H3,(H,16,17). The molecule has 1 atom stereocenters. The van der Waals surface area contributed by atoms with E-state index in [1.54, 1.807) is 0 Å². The second-order valence-electron chi connectivity index (χ2n) is 4.64. The molecule has 0 saturated heterocycles. The Bertz CT molecular complexity index is 458. The van der Waals surface area contributed by atoms with Crippen molar-refractivity contribution in [3.05, 3.63) is 26.2 Å². The maximum atomic E-state index is 12.1. The first-order valence-electron chi connectivity index (χ1n) is 5.46. The van der Waals surface area contributed by atoms with Gasteiger partial charge in [-0.15, -0.1) is 0 Å². The maximum Gasteiger partial charge on any atom is 0.244 e. The molecule has 0 aliphatic heterocycles. The average molecular weight is 409 g/mol. The SMILES string of the molecule is CC(N)(C(=O)Nc1ccc(I)c(Br)c1)C1CC1. The molecule has 5 heteroatoms. The van der Waals surface area contributed by atoms with Crippen molar-refractivity contribution >= 4 is 50.1 Å². The number of nitrogens with two attached hydrogens (primary N) is 1.